The van der Waals surface area contributed by atoms with Gasteiger partial charge < -0.3 is 14.8 Å². The Bertz CT molecular complexity index is 684. The number of hydrogen-bond acceptors (Lipinski definition) is 4. The molecule has 0 fully saturated rings. The molecule has 0 saturated carbocycles. The molecule has 0 atom stereocenters. The van der Waals surface area contributed by atoms with Crippen LogP contribution in [0.1, 0.15) is 44.9 Å². The Morgan fingerprint density at radius 1 is 1.48 bits per heavy atom. The summed E-state index contributed by atoms with van der Waals surface area (Å²) in [5.74, 6) is -1.24. The number of aromatic carboxylic acids is 1. The van der Waals surface area contributed by atoms with E-state index in [2.05, 4.69) is 10.4 Å². The van der Waals surface area contributed by atoms with E-state index < -0.39 is 11.9 Å². The van der Waals surface area contributed by atoms with E-state index in [0.29, 0.717) is 18.7 Å². The first-order valence-corrected chi connectivity index (χ1v) is 6.55. The Balaban J connectivity index is 2.10. The summed E-state index contributed by atoms with van der Waals surface area (Å²) in [5.41, 5.74) is 1.88. The van der Waals surface area contributed by atoms with Gasteiger partial charge >= 0.3 is 5.97 Å². The van der Waals surface area contributed by atoms with E-state index in [4.69, 9.17) is 9.52 Å². The summed E-state index contributed by atoms with van der Waals surface area (Å²) in [6, 6.07) is 1.26. The van der Waals surface area contributed by atoms with Crippen molar-refractivity contribution in [3.63, 3.8) is 0 Å². The molecule has 0 aliphatic heterocycles. The fourth-order valence-corrected chi connectivity index (χ4v) is 1.96. The number of aryl methyl sites for hydroxylation is 2. The summed E-state index contributed by atoms with van der Waals surface area (Å²) in [7, 11) is 1.82. The average molecular weight is 291 g/mol. The molecule has 0 aliphatic carbocycles. The fraction of sp³-hybridized carbons (Fsp3) is 0.357. The van der Waals surface area contributed by atoms with Crippen LogP contribution in [0, 0.1) is 6.92 Å². The zero-order valence-corrected chi connectivity index (χ0v) is 12.1. The van der Waals surface area contributed by atoms with Crippen molar-refractivity contribution in [2.45, 2.75) is 26.8 Å². The summed E-state index contributed by atoms with van der Waals surface area (Å²) >= 11 is 0. The van der Waals surface area contributed by atoms with Crippen LogP contribution in [-0.4, -0.2) is 26.8 Å². The van der Waals surface area contributed by atoms with Gasteiger partial charge in [-0.25, -0.2) is 4.79 Å². The van der Waals surface area contributed by atoms with Crippen molar-refractivity contribution in [2.24, 2.45) is 7.05 Å². The molecule has 2 aromatic heterocycles. The van der Waals surface area contributed by atoms with Crippen molar-refractivity contribution in [3.05, 3.63) is 40.6 Å². The van der Waals surface area contributed by atoms with E-state index in [9.17, 15) is 9.59 Å². The molecule has 0 spiro atoms. The fourth-order valence-electron chi connectivity index (χ4n) is 1.96. The largest absolute Gasteiger partial charge is 0.478 e. The van der Waals surface area contributed by atoms with Crippen LogP contribution in [0.15, 0.2) is 16.7 Å². The highest BCUT2D eigenvalue weighted by Gasteiger charge is 2.20. The van der Waals surface area contributed by atoms with E-state index >= 15 is 0 Å². The van der Waals surface area contributed by atoms with Crippen molar-refractivity contribution in [2.75, 3.05) is 0 Å². The molecular formula is C14H17N3O4. The Labute approximate surface area is 121 Å². The quantitative estimate of drug-likeness (QED) is 0.870. The van der Waals surface area contributed by atoms with Gasteiger partial charge in [-0.05, 0) is 6.92 Å². The van der Waals surface area contributed by atoms with Crippen LogP contribution in [0.5, 0.6) is 0 Å². The number of carbonyl (C=O) groups is 2. The lowest BCUT2D eigenvalue weighted by Crippen LogP contribution is -2.22. The van der Waals surface area contributed by atoms with Crippen LogP contribution in [0.2, 0.25) is 0 Å². The first-order chi connectivity index (χ1) is 9.93. The summed E-state index contributed by atoms with van der Waals surface area (Å²) in [5, 5.41) is 15.8. The van der Waals surface area contributed by atoms with Crippen molar-refractivity contribution < 1.29 is 19.1 Å². The van der Waals surface area contributed by atoms with Crippen molar-refractivity contribution in [1.82, 2.24) is 15.1 Å². The van der Waals surface area contributed by atoms with Crippen molar-refractivity contribution in [3.8, 4) is 0 Å². The minimum Gasteiger partial charge on any atom is -0.478 e. The SMILES string of the molecule is CCc1oc(C(=O)NCc2cnn(C)c2C)cc1C(=O)O. The zero-order valence-electron chi connectivity index (χ0n) is 12.1. The van der Waals surface area contributed by atoms with Gasteiger partial charge in [-0.3, -0.25) is 9.48 Å². The van der Waals surface area contributed by atoms with Crippen molar-refractivity contribution in [1.29, 1.82) is 0 Å². The lowest BCUT2D eigenvalue weighted by atomic mass is 10.2. The highest BCUT2D eigenvalue weighted by atomic mass is 16.4. The Hall–Kier alpha value is -2.57. The van der Waals surface area contributed by atoms with Gasteiger partial charge in [0.2, 0.25) is 0 Å². The zero-order chi connectivity index (χ0) is 15.6. The smallest absolute Gasteiger partial charge is 0.339 e. The molecule has 2 heterocycles. The molecule has 0 radical (unpaired) electrons. The number of carbonyl (C=O) groups excluding carboxylic acids is 1. The van der Waals surface area contributed by atoms with Crippen LogP contribution in [0.25, 0.3) is 0 Å². The monoisotopic (exact) mass is 291 g/mol. The molecule has 0 bridgehead atoms. The molecular weight excluding hydrogens is 274 g/mol. The molecule has 2 rings (SSSR count). The second-order valence-corrected chi connectivity index (χ2v) is 4.67. The Morgan fingerprint density at radius 3 is 2.67 bits per heavy atom. The van der Waals surface area contributed by atoms with E-state index in [1.165, 1.54) is 6.07 Å². The van der Waals surface area contributed by atoms with Gasteiger partial charge in [0.15, 0.2) is 5.76 Å². The maximum Gasteiger partial charge on any atom is 0.339 e. The molecule has 0 aromatic carbocycles. The van der Waals surface area contributed by atoms with Crippen LogP contribution in [-0.2, 0) is 20.0 Å². The van der Waals surface area contributed by atoms with Crippen molar-refractivity contribution >= 4 is 11.9 Å². The number of rotatable bonds is 5. The molecule has 2 aromatic rings. The number of carboxylic acids is 1. The molecule has 21 heavy (non-hydrogen) atoms. The lowest BCUT2D eigenvalue weighted by Gasteiger charge is -2.02. The standard InChI is InChI=1S/C14H17N3O4/c1-4-11-10(14(19)20)5-12(21-11)13(18)15-6-9-7-16-17(3)8(9)2/h5,7H,4,6H2,1-3H3,(H,15,18)(H,19,20). The van der Waals surface area contributed by atoms with Crippen LogP contribution >= 0.6 is 0 Å². The first-order valence-electron chi connectivity index (χ1n) is 6.55. The minimum atomic E-state index is -1.10. The molecule has 0 unspecified atom stereocenters. The lowest BCUT2D eigenvalue weighted by molar-refractivity contribution is 0.0694. The van der Waals surface area contributed by atoms with E-state index in [1.54, 1.807) is 17.8 Å². The summed E-state index contributed by atoms with van der Waals surface area (Å²) in [6.45, 7) is 3.98. The number of furan rings is 1. The summed E-state index contributed by atoms with van der Waals surface area (Å²) in [4.78, 5) is 23.1. The molecule has 1 amide bonds. The molecule has 0 aliphatic rings. The molecule has 0 saturated heterocycles. The number of hydrogen-bond donors (Lipinski definition) is 2. The second kappa shape index (κ2) is 5.82. The van der Waals surface area contributed by atoms with E-state index in [1.807, 2.05) is 14.0 Å². The first kappa shape index (κ1) is 14.8. The molecule has 112 valence electrons. The highest BCUT2D eigenvalue weighted by Crippen LogP contribution is 2.16. The third-order valence-corrected chi connectivity index (χ3v) is 3.36. The van der Waals surface area contributed by atoms with Gasteiger partial charge in [0.25, 0.3) is 5.91 Å². The summed E-state index contributed by atoms with van der Waals surface area (Å²) < 4.78 is 7.01. The molecule has 7 nitrogen and oxygen atoms in total. The maximum atomic E-state index is 12.0. The highest BCUT2D eigenvalue weighted by molar-refractivity contribution is 5.96. The average Bonchev–Trinajstić information content (AvgIpc) is 3.02. The van der Waals surface area contributed by atoms with E-state index in [-0.39, 0.29) is 11.3 Å². The van der Waals surface area contributed by atoms with Gasteiger partial charge in [0.05, 0.1) is 6.20 Å². The van der Waals surface area contributed by atoms with Crippen LogP contribution in [0.4, 0.5) is 0 Å². The Kier molecular flexibility index (Phi) is 4.11. The maximum absolute atomic E-state index is 12.0. The number of aromatic nitrogens is 2. The van der Waals surface area contributed by atoms with Gasteiger partial charge in [0.1, 0.15) is 11.3 Å². The van der Waals surface area contributed by atoms with Crippen LogP contribution in [0.3, 0.4) is 0 Å². The molecule has 7 heteroatoms. The number of amides is 1. The Morgan fingerprint density at radius 2 is 2.19 bits per heavy atom. The van der Waals surface area contributed by atoms with Gasteiger partial charge in [0, 0.05) is 37.3 Å². The minimum absolute atomic E-state index is 0.00536. The normalized spacial score (nSPS) is 10.6. The topological polar surface area (TPSA) is 97.4 Å². The third-order valence-electron chi connectivity index (χ3n) is 3.36. The predicted molar refractivity (Wildman–Crippen MR) is 74.2 cm³/mol. The van der Waals surface area contributed by atoms with Gasteiger partial charge in [-0.1, -0.05) is 6.92 Å². The van der Waals surface area contributed by atoms with Gasteiger partial charge in [-0.15, -0.1) is 0 Å². The van der Waals surface area contributed by atoms with Crippen LogP contribution < -0.4 is 5.32 Å². The third kappa shape index (κ3) is 2.96. The number of nitrogens with zero attached hydrogens (tertiary/aromatic N) is 2. The number of nitrogens with one attached hydrogen (secondary N) is 1. The van der Waals surface area contributed by atoms with Gasteiger partial charge in [-0.2, -0.15) is 5.10 Å². The second-order valence-electron chi connectivity index (χ2n) is 4.67. The summed E-state index contributed by atoms with van der Waals surface area (Å²) in [6.07, 6.45) is 2.09. The predicted octanol–water partition coefficient (Wildman–Crippen LogP) is 1.51. The van der Waals surface area contributed by atoms with E-state index in [0.717, 1.165) is 11.3 Å². The number of carboxylic acid groups (broad SMARTS) is 1. The molecule has 2 N–H and O–H groups in total.